The van der Waals surface area contributed by atoms with Gasteiger partial charge in [-0.2, -0.15) is 0 Å². The zero-order valence-corrected chi connectivity index (χ0v) is 13.5. The van der Waals surface area contributed by atoms with Gasteiger partial charge in [0.2, 0.25) is 0 Å². The van der Waals surface area contributed by atoms with Gasteiger partial charge >= 0.3 is 0 Å². The first-order chi connectivity index (χ1) is 11.0. The third-order valence-corrected chi connectivity index (χ3v) is 3.61. The summed E-state index contributed by atoms with van der Waals surface area (Å²) in [5.41, 5.74) is 2.33. The zero-order chi connectivity index (χ0) is 17.0. The van der Waals surface area contributed by atoms with Crippen LogP contribution in [0.2, 0.25) is 0 Å². The number of hydrogen-bond donors (Lipinski definition) is 1. The van der Waals surface area contributed by atoms with Gasteiger partial charge in [-0.05, 0) is 32.4 Å². The van der Waals surface area contributed by atoms with Crippen LogP contribution in [0.1, 0.15) is 37.9 Å². The highest BCUT2D eigenvalue weighted by Crippen LogP contribution is 2.14. The topological polar surface area (TPSA) is 93.3 Å². The van der Waals surface area contributed by atoms with Crippen LogP contribution in [0, 0.1) is 17.0 Å². The number of unbranched alkanes of at least 4 members (excludes halogenated alkanes) is 1. The minimum Gasteiger partial charge on any atom is -0.295 e. The molecule has 0 saturated heterocycles. The number of aliphatic imine (C=N–C) groups is 1. The SMILES string of the molecule is CCCCN=C(C)c1c(C)[nH]n(-c2ccc([N+](=O)[O-])cc2)c1=O. The number of hydrogen-bond acceptors (Lipinski definition) is 4. The molecule has 7 nitrogen and oxygen atoms in total. The molecule has 2 rings (SSSR count). The first kappa shape index (κ1) is 16.7. The van der Waals surface area contributed by atoms with E-state index in [1.54, 1.807) is 12.1 Å². The molecule has 1 aromatic carbocycles. The number of nitrogens with one attached hydrogen (secondary N) is 1. The number of H-pyrrole nitrogens is 1. The lowest BCUT2D eigenvalue weighted by Crippen LogP contribution is -2.19. The number of nitro benzene ring substituents is 1. The summed E-state index contributed by atoms with van der Waals surface area (Å²) in [5.74, 6) is 0. The number of rotatable bonds is 6. The molecule has 0 fully saturated rings. The Bertz CT molecular complexity index is 785. The molecule has 1 heterocycles. The van der Waals surface area contributed by atoms with Crippen LogP contribution >= 0.6 is 0 Å². The lowest BCUT2D eigenvalue weighted by atomic mass is 10.2. The van der Waals surface area contributed by atoms with Crippen molar-refractivity contribution in [2.75, 3.05) is 6.54 Å². The Morgan fingerprint density at radius 3 is 2.57 bits per heavy atom. The van der Waals surface area contributed by atoms with Gasteiger partial charge < -0.3 is 0 Å². The monoisotopic (exact) mass is 316 g/mol. The second kappa shape index (κ2) is 7.04. The zero-order valence-electron chi connectivity index (χ0n) is 13.5. The molecular formula is C16H20N4O3. The van der Waals surface area contributed by atoms with E-state index in [-0.39, 0.29) is 11.2 Å². The van der Waals surface area contributed by atoms with Crippen LogP contribution in [-0.4, -0.2) is 27.0 Å². The number of nitro groups is 1. The van der Waals surface area contributed by atoms with Gasteiger partial charge in [-0.3, -0.25) is 25.0 Å². The summed E-state index contributed by atoms with van der Waals surface area (Å²) in [4.78, 5) is 27.3. The summed E-state index contributed by atoms with van der Waals surface area (Å²) in [6, 6.07) is 5.84. The van der Waals surface area contributed by atoms with E-state index < -0.39 is 4.92 Å². The van der Waals surface area contributed by atoms with Crippen molar-refractivity contribution < 1.29 is 4.92 Å². The standard InChI is InChI=1S/C16H20N4O3/c1-4-5-10-17-11(2)15-12(3)18-19(16(15)21)13-6-8-14(9-7-13)20(22)23/h6-9,18H,4-5,10H2,1-3H3. The van der Waals surface area contributed by atoms with Crippen molar-refractivity contribution in [2.24, 2.45) is 4.99 Å². The van der Waals surface area contributed by atoms with Gasteiger partial charge in [0.15, 0.2) is 0 Å². The average molecular weight is 316 g/mol. The Labute approximate surface area is 133 Å². The molecule has 0 saturated carbocycles. The fourth-order valence-corrected chi connectivity index (χ4v) is 2.36. The van der Waals surface area contributed by atoms with Crippen molar-refractivity contribution in [1.29, 1.82) is 0 Å². The Morgan fingerprint density at radius 2 is 2.00 bits per heavy atom. The number of aryl methyl sites for hydroxylation is 1. The molecule has 2 aromatic rings. The molecule has 0 atom stereocenters. The van der Waals surface area contributed by atoms with Crippen molar-refractivity contribution in [3.05, 3.63) is 56.0 Å². The Hall–Kier alpha value is -2.70. The van der Waals surface area contributed by atoms with Crippen molar-refractivity contribution in [2.45, 2.75) is 33.6 Å². The van der Waals surface area contributed by atoms with Crippen LogP contribution in [0.25, 0.3) is 5.69 Å². The van der Waals surface area contributed by atoms with Crippen LogP contribution in [-0.2, 0) is 0 Å². The van der Waals surface area contributed by atoms with E-state index in [0.29, 0.717) is 23.5 Å². The lowest BCUT2D eigenvalue weighted by Gasteiger charge is -2.00. The number of non-ortho nitro benzene ring substituents is 1. The van der Waals surface area contributed by atoms with Crippen LogP contribution in [0.15, 0.2) is 34.1 Å². The van der Waals surface area contributed by atoms with Crippen LogP contribution in [0.5, 0.6) is 0 Å². The summed E-state index contributed by atoms with van der Waals surface area (Å²) >= 11 is 0. The summed E-state index contributed by atoms with van der Waals surface area (Å²) < 4.78 is 1.38. The van der Waals surface area contributed by atoms with Gasteiger partial charge in [0.1, 0.15) is 0 Å². The fraction of sp³-hybridized carbons (Fsp3) is 0.375. The van der Waals surface area contributed by atoms with Gasteiger partial charge in [0.25, 0.3) is 11.2 Å². The molecule has 0 spiro atoms. The summed E-state index contributed by atoms with van der Waals surface area (Å²) in [5, 5.41) is 13.7. The van der Waals surface area contributed by atoms with Crippen molar-refractivity contribution >= 4 is 11.4 Å². The van der Waals surface area contributed by atoms with Crippen molar-refractivity contribution in [1.82, 2.24) is 9.78 Å². The minimum absolute atomic E-state index is 0.0115. The van der Waals surface area contributed by atoms with E-state index in [9.17, 15) is 14.9 Å². The maximum Gasteiger partial charge on any atom is 0.280 e. The highest BCUT2D eigenvalue weighted by Gasteiger charge is 2.15. The third kappa shape index (κ3) is 3.56. The van der Waals surface area contributed by atoms with Crippen LogP contribution < -0.4 is 5.56 Å². The van der Waals surface area contributed by atoms with Gasteiger partial charge in [-0.1, -0.05) is 13.3 Å². The van der Waals surface area contributed by atoms with E-state index >= 15 is 0 Å². The molecule has 0 unspecified atom stereocenters. The maximum atomic E-state index is 12.6. The van der Waals surface area contributed by atoms with E-state index in [4.69, 9.17) is 0 Å². The first-order valence-corrected chi connectivity index (χ1v) is 7.53. The molecular weight excluding hydrogens is 296 g/mol. The Morgan fingerprint density at radius 1 is 1.35 bits per heavy atom. The van der Waals surface area contributed by atoms with E-state index in [1.807, 2.05) is 13.8 Å². The van der Waals surface area contributed by atoms with Gasteiger partial charge in [-0.25, -0.2) is 4.68 Å². The van der Waals surface area contributed by atoms with Crippen LogP contribution in [0.4, 0.5) is 5.69 Å². The highest BCUT2D eigenvalue weighted by atomic mass is 16.6. The van der Waals surface area contributed by atoms with Gasteiger partial charge in [0.05, 0.1) is 16.2 Å². The Balaban J connectivity index is 2.39. The minimum atomic E-state index is -0.470. The predicted octanol–water partition coefficient (Wildman–Crippen LogP) is 2.99. The molecule has 0 aliphatic carbocycles. The van der Waals surface area contributed by atoms with Crippen molar-refractivity contribution in [3.63, 3.8) is 0 Å². The molecule has 1 aromatic heterocycles. The predicted molar refractivity (Wildman–Crippen MR) is 89.8 cm³/mol. The molecule has 7 heteroatoms. The molecule has 0 aliphatic heterocycles. The quantitative estimate of drug-likeness (QED) is 0.384. The van der Waals surface area contributed by atoms with E-state index in [1.165, 1.54) is 16.8 Å². The highest BCUT2D eigenvalue weighted by molar-refractivity contribution is 5.99. The average Bonchev–Trinajstić information content (AvgIpc) is 2.82. The largest absolute Gasteiger partial charge is 0.295 e. The molecule has 0 bridgehead atoms. The number of aromatic nitrogens is 2. The number of benzene rings is 1. The fourth-order valence-electron chi connectivity index (χ4n) is 2.36. The first-order valence-electron chi connectivity index (χ1n) is 7.53. The smallest absolute Gasteiger partial charge is 0.280 e. The normalized spacial score (nSPS) is 11.7. The molecule has 122 valence electrons. The van der Waals surface area contributed by atoms with Crippen molar-refractivity contribution in [3.8, 4) is 5.69 Å². The lowest BCUT2D eigenvalue weighted by molar-refractivity contribution is -0.384. The summed E-state index contributed by atoms with van der Waals surface area (Å²) in [6.45, 7) is 6.43. The summed E-state index contributed by atoms with van der Waals surface area (Å²) in [7, 11) is 0. The maximum absolute atomic E-state index is 12.6. The third-order valence-electron chi connectivity index (χ3n) is 3.61. The van der Waals surface area contributed by atoms with Crippen LogP contribution in [0.3, 0.4) is 0 Å². The summed E-state index contributed by atoms with van der Waals surface area (Å²) in [6.07, 6.45) is 2.03. The molecule has 0 aliphatic rings. The second-order valence-electron chi connectivity index (χ2n) is 5.35. The van der Waals surface area contributed by atoms with Gasteiger partial charge in [0, 0.05) is 30.1 Å². The van der Waals surface area contributed by atoms with E-state index in [0.717, 1.165) is 18.5 Å². The molecule has 0 radical (unpaired) electrons. The van der Waals surface area contributed by atoms with Gasteiger partial charge in [-0.15, -0.1) is 0 Å². The molecule has 1 N–H and O–H groups in total. The molecule has 23 heavy (non-hydrogen) atoms. The number of aromatic amines is 1. The number of nitrogens with zero attached hydrogens (tertiary/aromatic N) is 3. The Kier molecular flexibility index (Phi) is 5.10. The molecule has 0 amide bonds. The van der Waals surface area contributed by atoms with E-state index in [2.05, 4.69) is 17.0 Å². The second-order valence-corrected chi connectivity index (χ2v) is 5.35.